The number of nitrogens with one attached hydrogen (secondary N) is 3. The van der Waals surface area contributed by atoms with Gasteiger partial charge >= 0.3 is 0 Å². The quantitative estimate of drug-likeness (QED) is 0.181. The van der Waals surface area contributed by atoms with E-state index in [0.717, 1.165) is 95.1 Å². The van der Waals surface area contributed by atoms with Crippen LogP contribution in [0.25, 0.3) is 15.7 Å². The zero-order valence-corrected chi connectivity index (χ0v) is 26.8. The summed E-state index contributed by atoms with van der Waals surface area (Å²) >= 11 is 1.58. The normalized spacial score (nSPS) is 20.1. The first-order chi connectivity index (χ1) is 20.3. The standard InChI is InChI=1S/C33H43N5O2S2/c1-6-23(4)30(31(41-22(2)3)28-16-20-35-32(37-28)36-24-11-9-19-34-21-24)40-29-15-14-27(25-12-7-8-13-26(25)29)38-42(39)33(5)17-10-18-33/h7-8,12-16,20,23-24,34,38H,2,6,9-11,17-19,21H2,1,3-5H3,(H,35,36,37)/b31-30+. The van der Waals surface area contributed by atoms with Crippen molar-refractivity contribution in [2.24, 2.45) is 5.92 Å². The van der Waals surface area contributed by atoms with E-state index in [2.05, 4.69) is 59.8 Å². The molecule has 1 aliphatic heterocycles. The van der Waals surface area contributed by atoms with Gasteiger partial charge in [0.2, 0.25) is 5.95 Å². The van der Waals surface area contributed by atoms with E-state index in [1.807, 2.05) is 43.5 Å². The lowest BCUT2D eigenvalue weighted by Gasteiger charge is -2.37. The van der Waals surface area contributed by atoms with Crippen LogP contribution < -0.4 is 20.1 Å². The van der Waals surface area contributed by atoms with Gasteiger partial charge in [-0.15, -0.1) is 0 Å². The van der Waals surface area contributed by atoms with Crippen molar-refractivity contribution in [1.29, 1.82) is 0 Å². The first-order valence-corrected chi connectivity index (χ1v) is 17.0. The summed E-state index contributed by atoms with van der Waals surface area (Å²) in [6.45, 7) is 14.6. The summed E-state index contributed by atoms with van der Waals surface area (Å²) in [6.07, 6.45) is 8.04. The van der Waals surface area contributed by atoms with Crippen molar-refractivity contribution in [3.8, 4) is 5.75 Å². The van der Waals surface area contributed by atoms with Gasteiger partial charge in [-0.1, -0.05) is 62.9 Å². The molecule has 0 spiro atoms. The van der Waals surface area contributed by atoms with E-state index in [0.29, 0.717) is 12.0 Å². The summed E-state index contributed by atoms with van der Waals surface area (Å²) < 4.78 is 23.2. The van der Waals surface area contributed by atoms with Gasteiger partial charge in [0, 0.05) is 35.5 Å². The molecule has 0 bridgehead atoms. The largest absolute Gasteiger partial charge is 0.460 e. The number of hydrogen-bond acceptors (Lipinski definition) is 7. The molecule has 3 N–H and O–H groups in total. The van der Waals surface area contributed by atoms with Gasteiger partial charge in [0.25, 0.3) is 0 Å². The van der Waals surface area contributed by atoms with E-state index in [1.165, 1.54) is 0 Å². The van der Waals surface area contributed by atoms with E-state index < -0.39 is 11.0 Å². The molecule has 1 aromatic heterocycles. The predicted octanol–water partition coefficient (Wildman–Crippen LogP) is 7.87. The maximum Gasteiger partial charge on any atom is 0.223 e. The Morgan fingerprint density at radius 1 is 1.21 bits per heavy atom. The monoisotopic (exact) mass is 605 g/mol. The molecular formula is C33H43N5O2S2. The molecule has 9 heteroatoms. The van der Waals surface area contributed by atoms with Crippen LogP contribution in [0.15, 0.2) is 65.9 Å². The van der Waals surface area contributed by atoms with Crippen LogP contribution in [0.4, 0.5) is 11.6 Å². The van der Waals surface area contributed by atoms with Crippen molar-refractivity contribution < 1.29 is 8.95 Å². The smallest absolute Gasteiger partial charge is 0.223 e. The lowest BCUT2D eigenvalue weighted by molar-refractivity contribution is 0.360. The summed E-state index contributed by atoms with van der Waals surface area (Å²) in [5, 5.41) is 8.91. The molecule has 0 radical (unpaired) electrons. The first kappa shape index (κ1) is 30.6. The van der Waals surface area contributed by atoms with Crippen LogP contribution in [-0.4, -0.2) is 38.1 Å². The van der Waals surface area contributed by atoms with Crippen molar-refractivity contribution in [1.82, 2.24) is 15.3 Å². The van der Waals surface area contributed by atoms with Crippen molar-refractivity contribution in [2.75, 3.05) is 23.1 Å². The zero-order valence-electron chi connectivity index (χ0n) is 25.2. The van der Waals surface area contributed by atoms with Crippen LogP contribution in [0.3, 0.4) is 0 Å². The number of ether oxygens (including phenoxy) is 1. The van der Waals surface area contributed by atoms with Gasteiger partial charge in [-0.2, -0.15) is 0 Å². The minimum atomic E-state index is -1.16. The number of piperidine rings is 1. The topological polar surface area (TPSA) is 88.2 Å². The third-order valence-corrected chi connectivity index (χ3v) is 10.9. The molecule has 1 aliphatic carbocycles. The van der Waals surface area contributed by atoms with Crippen LogP contribution in [0.2, 0.25) is 0 Å². The highest BCUT2D eigenvalue weighted by Gasteiger charge is 2.38. The Balaban J connectivity index is 1.52. The Kier molecular flexibility index (Phi) is 9.91. The molecule has 3 aromatic rings. The minimum Gasteiger partial charge on any atom is -0.460 e. The Labute approximate surface area is 257 Å². The van der Waals surface area contributed by atoms with Gasteiger partial charge in [0.05, 0.1) is 21.0 Å². The Morgan fingerprint density at radius 3 is 2.67 bits per heavy atom. The van der Waals surface area contributed by atoms with Crippen molar-refractivity contribution >= 4 is 50.1 Å². The number of rotatable bonds is 12. The molecule has 2 aromatic carbocycles. The van der Waals surface area contributed by atoms with E-state index >= 15 is 0 Å². The molecule has 1 saturated carbocycles. The lowest BCUT2D eigenvalue weighted by Crippen LogP contribution is -2.41. The maximum atomic E-state index is 13.2. The summed E-state index contributed by atoms with van der Waals surface area (Å²) in [4.78, 5) is 11.4. The number of anilines is 2. The van der Waals surface area contributed by atoms with E-state index in [-0.39, 0.29) is 10.7 Å². The van der Waals surface area contributed by atoms with Crippen molar-refractivity contribution in [3.63, 3.8) is 0 Å². The molecule has 1 saturated heterocycles. The molecular weight excluding hydrogens is 563 g/mol. The number of aromatic nitrogens is 2. The molecule has 3 atom stereocenters. The predicted molar refractivity (Wildman–Crippen MR) is 179 cm³/mol. The lowest BCUT2D eigenvalue weighted by atomic mass is 9.86. The molecule has 2 aliphatic rings. The minimum absolute atomic E-state index is 0.128. The van der Waals surface area contributed by atoms with Crippen molar-refractivity contribution in [3.05, 3.63) is 71.6 Å². The molecule has 0 amide bonds. The van der Waals surface area contributed by atoms with Gasteiger partial charge in [0.15, 0.2) is 0 Å². The molecule has 42 heavy (non-hydrogen) atoms. The van der Waals surface area contributed by atoms with E-state index in [4.69, 9.17) is 9.72 Å². The highest BCUT2D eigenvalue weighted by Crippen LogP contribution is 2.42. The van der Waals surface area contributed by atoms with Crippen LogP contribution in [0.1, 0.15) is 71.9 Å². The van der Waals surface area contributed by atoms with Gasteiger partial charge in [-0.05, 0) is 75.6 Å². The SMILES string of the molecule is C=C(C)S/C(=C(/Oc1ccc(NS(=O)C2(C)CCC2)c2ccccc12)C(C)CC)c1ccnc(NC2CCCNC2)n1. The van der Waals surface area contributed by atoms with Gasteiger partial charge < -0.3 is 20.1 Å². The third-order valence-electron chi connectivity index (χ3n) is 8.24. The second kappa shape index (κ2) is 13.6. The molecule has 2 heterocycles. The van der Waals surface area contributed by atoms with Crippen molar-refractivity contribution in [2.45, 2.75) is 77.0 Å². The Bertz CT molecular complexity index is 1480. The number of nitrogens with zero attached hydrogens (tertiary/aromatic N) is 2. The fourth-order valence-corrected chi connectivity index (χ4v) is 7.52. The van der Waals surface area contributed by atoms with Crippen LogP contribution >= 0.6 is 11.8 Å². The van der Waals surface area contributed by atoms with Gasteiger partial charge in [-0.3, -0.25) is 0 Å². The highest BCUT2D eigenvalue weighted by molar-refractivity contribution is 8.11. The first-order valence-electron chi connectivity index (χ1n) is 15.0. The summed E-state index contributed by atoms with van der Waals surface area (Å²) in [5.41, 5.74) is 1.67. The summed E-state index contributed by atoms with van der Waals surface area (Å²) in [7, 11) is -1.16. The number of allylic oxidation sites excluding steroid dienone is 2. The molecule has 2 fully saturated rings. The Hall–Kier alpha value is -2.88. The number of benzene rings is 2. The van der Waals surface area contributed by atoms with Crippen LogP contribution in [-0.2, 0) is 11.0 Å². The molecule has 7 nitrogen and oxygen atoms in total. The third kappa shape index (κ3) is 7.01. The second-order valence-corrected chi connectivity index (χ2v) is 14.7. The number of thioether (sulfide) groups is 1. The summed E-state index contributed by atoms with van der Waals surface area (Å²) in [5.74, 6) is 2.36. The molecule has 5 rings (SSSR count). The fraction of sp³-hybridized carbons (Fsp3) is 0.455. The second-order valence-electron chi connectivity index (χ2n) is 11.7. The van der Waals surface area contributed by atoms with Crippen LogP contribution in [0.5, 0.6) is 5.75 Å². The zero-order chi connectivity index (χ0) is 29.7. The fourth-order valence-electron chi connectivity index (χ4n) is 5.32. The van der Waals surface area contributed by atoms with E-state index in [1.54, 1.807) is 11.8 Å². The van der Waals surface area contributed by atoms with Crippen LogP contribution in [0, 0.1) is 5.92 Å². The molecule has 224 valence electrons. The average Bonchev–Trinajstić information content (AvgIpc) is 2.98. The van der Waals surface area contributed by atoms with Gasteiger partial charge in [0.1, 0.15) is 22.5 Å². The van der Waals surface area contributed by atoms with E-state index in [9.17, 15) is 4.21 Å². The number of hydrogen-bond donors (Lipinski definition) is 3. The maximum absolute atomic E-state index is 13.2. The van der Waals surface area contributed by atoms with Gasteiger partial charge in [-0.25, -0.2) is 14.2 Å². The Morgan fingerprint density at radius 2 is 2.00 bits per heavy atom. The molecule has 3 unspecified atom stereocenters. The average molecular weight is 606 g/mol. The number of fused-ring (bicyclic) bond motifs is 1. The summed E-state index contributed by atoms with van der Waals surface area (Å²) in [6, 6.07) is 14.4. The highest BCUT2D eigenvalue weighted by atomic mass is 32.2.